The van der Waals surface area contributed by atoms with Crippen LogP contribution >= 0.6 is 23.5 Å². The summed E-state index contributed by atoms with van der Waals surface area (Å²) in [6.07, 6.45) is 1.33. The first-order chi connectivity index (χ1) is 7.38. The molecule has 0 aromatic carbocycles. The van der Waals surface area contributed by atoms with Crippen LogP contribution in [-0.4, -0.2) is 59.6 Å². The first-order valence-electron chi connectivity index (χ1n) is 6.03. The maximum absolute atomic E-state index is 3.63. The summed E-state index contributed by atoms with van der Waals surface area (Å²) in [4.78, 5) is 2.66. The first kappa shape index (κ1) is 12.1. The Morgan fingerprint density at radius 2 is 2.33 bits per heavy atom. The van der Waals surface area contributed by atoms with Crippen molar-refractivity contribution in [3.05, 3.63) is 0 Å². The van der Waals surface area contributed by atoms with Crippen molar-refractivity contribution in [1.29, 1.82) is 0 Å². The highest BCUT2D eigenvalue weighted by Crippen LogP contribution is 2.21. The predicted octanol–water partition coefficient (Wildman–Crippen LogP) is 1.52. The van der Waals surface area contributed by atoms with Gasteiger partial charge in [0, 0.05) is 54.7 Å². The average Bonchev–Trinajstić information content (AvgIpc) is 2.31. The second kappa shape index (κ2) is 6.38. The van der Waals surface area contributed by atoms with Gasteiger partial charge in [-0.15, -0.1) is 0 Å². The zero-order chi connectivity index (χ0) is 10.5. The maximum atomic E-state index is 3.63. The molecule has 2 nitrogen and oxygen atoms in total. The van der Waals surface area contributed by atoms with E-state index in [0.29, 0.717) is 0 Å². The molecule has 0 saturated carbocycles. The molecule has 0 spiro atoms. The van der Waals surface area contributed by atoms with Crippen molar-refractivity contribution in [2.45, 2.75) is 24.6 Å². The van der Waals surface area contributed by atoms with Gasteiger partial charge in [-0.3, -0.25) is 4.90 Å². The Morgan fingerprint density at radius 3 is 3.07 bits per heavy atom. The minimum atomic E-state index is 0.740. The zero-order valence-corrected chi connectivity index (χ0v) is 11.2. The summed E-state index contributed by atoms with van der Waals surface area (Å²) in [5, 5.41) is 4.51. The van der Waals surface area contributed by atoms with Crippen LogP contribution in [0.3, 0.4) is 0 Å². The van der Waals surface area contributed by atoms with Crippen molar-refractivity contribution in [3.63, 3.8) is 0 Å². The summed E-state index contributed by atoms with van der Waals surface area (Å²) in [7, 11) is 0. The summed E-state index contributed by atoms with van der Waals surface area (Å²) >= 11 is 4.27. The second-order valence-corrected chi connectivity index (χ2v) is 6.94. The minimum absolute atomic E-state index is 0.740. The Hall–Kier alpha value is 0.620. The van der Waals surface area contributed by atoms with Gasteiger partial charge in [0.25, 0.3) is 0 Å². The second-order valence-electron chi connectivity index (χ2n) is 4.39. The smallest absolute Gasteiger partial charge is 0.0285 e. The molecule has 2 saturated heterocycles. The van der Waals surface area contributed by atoms with Crippen molar-refractivity contribution < 1.29 is 0 Å². The molecular weight excluding hydrogens is 224 g/mol. The van der Waals surface area contributed by atoms with E-state index in [1.165, 1.54) is 49.9 Å². The van der Waals surface area contributed by atoms with Gasteiger partial charge in [-0.1, -0.05) is 6.92 Å². The largest absolute Gasteiger partial charge is 0.311 e. The molecule has 0 amide bonds. The number of hydrogen-bond donors (Lipinski definition) is 1. The van der Waals surface area contributed by atoms with E-state index in [9.17, 15) is 0 Å². The molecule has 2 aliphatic rings. The molecule has 88 valence electrons. The molecule has 2 atom stereocenters. The van der Waals surface area contributed by atoms with E-state index in [1.807, 2.05) is 0 Å². The molecule has 2 unspecified atom stereocenters. The summed E-state index contributed by atoms with van der Waals surface area (Å²) in [6.45, 7) is 7.39. The lowest BCUT2D eigenvalue weighted by molar-refractivity contribution is 0.255. The highest BCUT2D eigenvalue weighted by atomic mass is 32.2. The molecule has 0 aromatic heterocycles. The van der Waals surface area contributed by atoms with Crippen molar-refractivity contribution in [1.82, 2.24) is 10.2 Å². The maximum Gasteiger partial charge on any atom is 0.0285 e. The number of hydrogen-bond acceptors (Lipinski definition) is 4. The molecule has 1 N–H and O–H groups in total. The number of rotatable bonds is 3. The number of nitrogens with zero attached hydrogens (tertiary/aromatic N) is 1. The van der Waals surface area contributed by atoms with Gasteiger partial charge in [0.1, 0.15) is 0 Å². The molecule has 2 fully saturated rings. The molecule has 15 heavy (non-hydrogen) atoms. The fourth-order valence-corrected chi connectivity index (χ4v) is 4.43. The van der Waals surface area contributed by atoms with E-state index < -0.39 is 0 Å². The van der Waals surface area contributed by atoms with E-state index in [-0.39, 0.29) is 0 Å². The van der Waals surface area contributed by atoms with E-state index >= 15 is 0 Å². The average molecular weight is 246 g/mol. The lowest BCUT2D eigenvalue weighted by Gasteiger charge is -2.35. The Balaban J connectivity index is 1.72. The van der Waals surface area contributed by atoms with Gasteiger partial charge >= 0.3 is 0 Å². The summed E-state index contributed by atoms with van der Waals surface area (Å²) in [5.41, 5.74) is 0. The van der Waals surface area contributed by atoms with E-state index in [4.69, 9.17) is 0 Å². The van der Waals surface area contributed by atoms with Gasteiger partial charge < -0.3 is 5.32 Å². The Morgan fingerprint density at radius 1 is 1.40 bits per heavy atom. The van der Waals surface area contributed by atoms with Crippen LogP contribution in [0.5, 0.6) is 0 Å². The van der Waals surface area contributed by atoms with Crippen LogP contribution in [0.15, 0.2) is 0 Å². The molecule has 2 rings (SSSR count). The fraction of sp³-hybridized carbons (Fsp3) is 1.00. The van der Waals surface area contributed by atoms with Crippen LogP contribution in [0.4, 0.5) is 0 Å². The minimum Gasteiger partial charge on any atom is -0.311 e. The van der Waals surface area contributed by atoms with Crippen LogP contribution in [0.25, 0.3) is 0 Å². The van der Waals surface area contributed by atoms with Gasteiger partial charge in [0.15, 0.2) is 0 Å². The van der Waals surface area contributed by atoms with Gasteiger partial charge in [-0.25, -0.2) is 0 Å². The molecule has 2 heterocycles. The van der Waals surface area contributed by atoms with Crippen LogP contribution in [0.1, 0.15) is 13.3 Å². The topological polar surface area (TPSA) is 15.3 Å². The standard InChI is InChI=1S/C11H22N2S2/c1-2-11-8-13(4-6-15-11)7-10-9-14-5-3-12-10/h10-12H,2-9H2,1H3. The Labute approximate surface area is 102 Å². The van der Waals surface area contributed by atoms with Crippen molar-refractivity contribution >= 4 is 23.5 Å². The van der Waals surface area contributed by atoms with Crippen LogP contribution < -0.4 is 5.32 Å². The normalized spacial score (nSPS) is 34.2. The number of nitrogens with one attached hydrogen (secondary N) is 1. The molecule has 2 aliphatic heterocycles. The van der Waals surface area contributed by atoms with Gasteiger partial charge in [0.05, 0.1) is 0 Å². The van der Waals surface area contributed by atoms with E-state index in [2.05, 4.69) is 40.7 Å². The highest BCUT2D eigenvalue weighted by molar-refractivity contribution is 8.00. The summed E-state index contributed by atoms with van der Waals surface area (Å²) in [6, 6.07) is 0.740. The molecule has 0 aromatic rings. The predicted molar refractivity (Wildman–Crippen MR) is 72.1 cm³/mol. The first-order valence-corrected chi connectivity index (χ1v) is 8.24. The molecule has 0 aliphatic carbocycles. The van der Waals surface area contributed by atoms with Gasteiger partial charge in [-0.05, 0) is 6.42 Å². The quantitative estimate of drug-likeness (QED) is 0.812. The van der Waals surface area contributed by atoms with E-state index in [1.54, 1.807) is 0 Å². The molecule has 4 heteroatoms. The van der Waals surface area contributed by atoms with E-state index in [0.717, 1.165) is 11.3 Å². The number of thioether (sulfide) groups is 2. The van der Waals surface area contributed by atoms with Crippen LogP contribution in [0.2, 0.25) is 0 Å². The highest BCUT2D eigenvalue weighted by Gasteiger charge is 2.22. The third-order valence-electron chi connectivity index (χ3n) is 3.16. The van der Waals surface area contributed by atoms with Gasteiger partial charge in [0.2, 0.25) is 0 Å². The monoisotopic (exact) mass is 246 g/mol. The van der Waals surface area contributed by atoms with Gasteiger partial charge in [-0.2, -0.15) is 23.5 Å². The fourth-order valence-electron chi connectivity index (χ4n) is 2.24. The van der Waals surface area contributed by atoms with Crippen LogP contribution in [0, 0.1) is 0 Å². The van der Waals surface area contributed by atoms with Crippen molar-refractivity contribution in [3.8, 4) is 0 Å². The summed E-state index contributed by atoms with van der Waals surface area (Å²) < 4.78 is 0. The Bertz CT molecular complexity index is 183. The third kappa shape index (κ3) is 3.84. The van der Waals surface area contributed by atoms with Crippen molar-refractivity contribution in [2.24, 2.45) is 0 Å². The molecule has 0 bridgehead atoms. The third-order valence-corrected chi connectivity index (χ3v) is 5.66. The molecular formula is C11H22N2S2. The molecule has 0 radical (unpaired) electrons. The lowest BCUT2D eigenvalue weighted by atomic mass is 10.2. The lowest BCUT2D eigenvalue weighted by Crippen LogP contribution is -2.49. The zero-order valence-electron chi connectivity index (χ0n) is 9.58. The van der Waals surface area contributed by atoms with Crippen LogP contribution in [-0.2, 0) is 0 Å². The Kier molecular flexibility index (Phi) is 5.14. The summed E-state index contributed by atoms with van der Waals surface area (Å²) in [5.74, 6) is 3.93. The van der Waals surface area contributed by atoms with Crippen molar-refractivity contribution in [2.75, 3.05) is 43.4 Å². The SMILES string of the molecule is CCC1CN(CC2CSCCN2)CCS1.